The van der Waals surface area contributed by atoms with Gasteiger partial charge in [-0.3, -0.25) is 4.79 Å². The Bertz CT molecular complexity index is 204. The lowest BCUT2D eigenvalue weighted by molar-refractivity contribution is -0.139. The molecule has 2 atom stereocenters. The summed E-state index contributed by atoms with van der Waals surface area (Å²) in [7, 11) is 0. The molecule has 0 spiro atoms. The van der Waals surface area contributed by atoms with Crippen molar-refractivity contribution in [1.29, 1.82) is 0 Å². The van der Waals surface area contributed by atoms with Crippen LogP contribution in [0.3, 0.4) is 0 Å². The Hall–Kier alpha value is -0.790. The van der Waals surface area contributed by atoms with Crippen molar-refractivity contribution in [3.8, 4) is 0 Å². The van der Waals surface area contributed by atoms with E-state index < -0.39 is 5.97 Å². The first-order valence-corrected chi connectivity index (χ1v) is 3.87. The van der Waals surface area contributed by atoms with Gasteiger partial charge in [0.1, 0.15) is 0 Å². The van der Waals surface area contributed by atoms with Crippen molar-refractivity contribution >= 4 is 5.97 Å². The van der Waals surface area contributed by atoms with E-state index >= 15 is 0 Å². The molecule has 62 valence electrons. The van der Waals surface area contributed by atoms with Gasteiger partial charge in [0.15, 0.2) is 0 Å². The molecule has 0 bridgehead atoms. The van der Waals surface area contributed by atoms with Crippen LogP contribution in [0.5, 0.6) is 0 Å². The van der Waals surface area contributed by atoms with Crippen molar-refractivity contribution in [3.05, 3.63) is 12.2 Å². The number of aliphatic carboxylic acids is 1. The van der Waals surface area contributed by atoms with E-state index in [2.05, 4.69) is 0 Å². The summed E-state index contributed by atoms with van der Waals surface area (Å²) < 4.78 is 0. The minimum absolute atomic E-state index is 0.0294. The molecule has 1 fully saturated rings. The van der Waals surface area contributed by atoms with Crippen LogP contribution in [-0.4, -0.2) is 11.1 Å². The maximum atomic E-state index is 10.6. The van der Waals surface area contributed by atoms with Gasteiger partial charge in [0, 0.05) is 0 Å². The number of rotatable bonds is 2. The molecule has 1 saturated carbocycles. The van der Waals surface area contributed by atoms with Crippen molar-refractivity contribution in [2.45, 2.75) is 20.8 Å². The third-order valence-electron chi connectivity index (χ3n) is 2.58. The largest absolute Gasteiger partial charge is 0.481 e. The standard InChI is InChI=1S/C9H14O2/c1-4-5-6-7(8(10)11)9(6,2)3/h4-7H,1-3H3,(H,10,11)/b5-4+/t6?,7-/m0/s1. The topological polar surface area (TPSA) is 37.3 Å². The monoisotopic (exact) mass is 154 g/mol. The molecule has 0 aromatic carbocycles. The average molecular weight is 154 g/mol. The van der Waals surface area contributed by atoms with Crippen LogP contribution in [-0.2, 0) is 4.79 Å². The second-order valence-corrected chi connectivity index (χ2v) is 3.69. The maximum Gasteiger partial charge on any atom is 0.307 e. The number of allylic oxidation sites excluding steroid dienone is 2. The summed E-state index contributed by atoms with van der Waals surface area (Å²) in [5.41, 5.74) is -0.0294. The van der Waals surface area contributed by atoms with E-state index in [9.17, 15) is 4.79 Å². The van der Waals surface area contributed by atoms with Gasteiger partial charge in [0.2, 0.25) is 0 Å². The Labute approximate surface area is 66.9 Å². The van der Waals surface area contributed by atoms with E-state index in [1.807, 2.05) is 32.9 Å². The van der Waals surface area contributed by atoms with Crippen LogP contribution in [0.2, 0.25) is 0 Å². The Kier molecular flexibility index (Phi) is 1.78. The van der Waals surface area contributed by atoms with Gasteiger partial charge in [0.25, 0.3) is 0 Å². The molecule has 0 radical (unpaired) electrons. The molecule has 1 aliphatic carbocycles. The molecule has 2 nitrogen and oxygen atoms in total. The molecular formula is C9H14O2. The fourth-order valence-corrected chi connectivity index (χ4v) is 1.72. The molecule has 11 heavy (non-hydrogen) atoms. The van der Waals surface area contributed by atoms with Crippen LogP contribution in [0.4, 0.5) is 0 Å². The van der Waals surface area contributed by atoms with Gasteiger partial charge in [0.05, 0.1) is 5.92 Å². The quantitative estimate of drug-likeness (QED) is 0.617. The molecule has 0 saturated heterocycles. The highest BCUT2D eigenvalue weighted by Gasteiger charge is 2.60. The molecule has 0 heterocycles. The fourth-order valence-electron chi connectivity index (χ4n) is 1.72. The minimum Gasteiger partial charge on any atom is -0.481 e. The van der Waals surface area contributed by atoms with Crippen molar-refractivity contribution in [2.24, 2.45) is 17.3 Å². The van der Waals surface area contributed by atoms with Crippen molar-refractivity contribution in [3.63, 3.8) is 0 Å². The van der Waals surface area contributed by atoms with Crippen molar-refractivity contribution in [2.75, 3.05) is 0 Å². The maximum absolute atomic E-state index is 10.6. The minimum atomic E-state index is -0.668. The summed E-state index contributed by atoms with van der Waals surface area (Å²) in [4.78, 5) is 10.6. The first kappa shape index (κ1) is 8.31. The van der Waals surface area contributed by atoms with E-state index in [1.165, 1.54) is 0 Å². The molecule has 0 amide bonds. The van der Waals surface area contributed by atoms with E-state index in [-0.39, 0.29) is 17.3 Å². The lowest BCUT2D eigenvalue weighted by Gasteiger charge is -1.95. The Balaban J connectivity index is 2.68. The van der Waals surface area contributed by atoms with Crippen LogP contribution in [0, 0.1) is 17.3 Å². The van der Waals surface area contributed by atoms with Crippen molar-refractivity contribution < 1.29 is 9.90 Å². The summed E-state index contributed by atoms with van der Waals surface area (Å²) in [6.45, 7) is 5.92. The van der Waals surface area contributed by atoms with Gasteiger partial charge in [-0.25, -0.2) is 0 Å². The van der Waals surface area contributed by atoms with E-state index in [1.54, 1.807) is 0 Å². The number of hydrogen-bond donors (Lipinski definition) is 1. The van der Waals surface area contributed by atoms with Gasteiger partial charge in [-0.1, -0.05) is 26.0 Å². The molecule has 2 heteroatoms. The summed E-state index contributed by atoms with van der Waals surface area (Å²) in [5.74, 6) is -0.596. The Morgan fingerprint density at radius 3 is 2.36 bits per heavy atom. The number of hydrogen-bond acceptors (Lipinski definition) is 1. The molecule has 1 N–H and O–H groups in total. The zero-order valence-electron chi connectivity index (χ0n) is 7.16. The Morgan fingerprint density at radius 1 is 1.55 bits per heavy atom. The van der Waals surface area contributed by atoms with Crippen LogP contribution in [0.1, 0.15) is 20.8 Å². The molecule has 0 aromatic heterocycles. The van der Waals surface area contributed by atoms with Gasteiger partial charge in [-0.15, -0.1) is 0 Å². The highest BCUT2D eigenvalue weighted by Crippen LogP contribution is 2.58. The van der Waals surface area contributed by atoms with Gasteiger partial charge < -0.3 is 5.11 Å². The average Bonchev–Trinajstić information content (AvgIpc) is 2.35. The van der Waals surface area contributed by atoms with Crippen LogP contribution in [0.15, 0.2) is 12.2 Å². The van der Waals surface area contributed by atoms with Crippen LogP contribution >= 0.6 is 0 Å². The second-order valence-electron chi connectivity index (χ2n) is 3.69. The van der Waals surface area contributed by atoms with Gasteiger partial charge in [-0.05, 0) is 18.3 Å². The number of carboxylic acids is 1. The molecular weight excluding hydrogens is 140 g/mol. The molecule has 0 aromatic rings. The molecule has 1 unspecified atom stereocenters. The van der Waals surface area contributed by atoms with E-state index in [0.717, 1.165) is 0 Å². The van der Waals surface area contributed by atoms with E-state index in [0.29, 0.717) is 0 Å². The normalized spacial score (nSPS) is 34.1. The number of carbonyl (C=O) groups is 1. The predicted molar refractivity (Wildman–Crippen MR) is 43.2 cm³/mol. The third-order valence-corrected chi connectivity index (χ3v) is 2.58. The first-order chi connectivity index (χ1) is 5.01. The van der Waals surface area contributed by atoms with Gasteiger partial charge in [-0.2, -0.15) is 0 Å². The second kappa shape index (κ2) is 2.36. The zero-order chi connectivity index (χ0) is 8.65. The molecule has 1 aliphatic rings. The van der Waals surface area contributed by atoms with Gasteiger partial charge >= 0.3 is 5.97 Å². The van der Waals surface area contributed by atoms with E-state index in [4.69, 9.17) is 5.11 Å². The third kappa shape index (κ3) is 1.17. The predicted octanol–water partition coefficient (Wildman–Crippen LogP) is 1.92. The summed E-state index contributed by atoms with van der Waals surface area (Å²) in [5, 5.41) is 8.75. The molecule has 1 rings (SSSR count). The zero-order valence-corrected chi connectivity index (χ0v) is 7.16. The lowest BCUT2D eigenvalue weighted by Crippen LogP contribution is -2.02. The lowest BCUT2D eigenvalue weighted by atomic mass is 10.1. The Morgan fingerprint density at radius 2 is 2.09 bits per heavy atom. The fraction of sp³-hybridized carbons (Fsp3) is 0.667. The SMILES string of the molecule is C/C=C/C1[C@@H](C(=O)O)C1(C)C. The number of carboxylic acid groups (broad SMARTS) is 1. The van der Waals surface area contributed by atoms with Crippen LogP contribution in [0.25, 0.3) is 0 Å². The summed E-state index contributed by atoms with van der Waals surface area (Å²) in [6.07, 6.45) is 3.91. The molecule has 0 aliphatic heterocycles. The smallest absolute Gasteiger partial charge is 0.307 e. The summed E-state index contributed by atoms with van der Waals surface area (Å²) >= 11 is 0. The highest BCUT2D eigenvalue weighted by molar-refractivity contribution is 5.76. The van der Waals surface area contributed by atoms with Crippen LogP contribution < -0.4 is 0 Å². The van der Waals surface area contributed by atoms with Crippen molar-refractivity contribution in [1.82, 2.24) is 0 Å². The summed E-state index contributed by atoms with van der Waals surface area (Å²) in [6, 6.07) is 0. The highest BCUT2D eigenvalue weighted by atomic mass is 16.4. The first-order valence-electron chi connectivity index (χ1n) is 3.87.